The molecule has 2 heterocycles. The van der Waals surface area contributed by atoms with Crippen molar-refractivity contribution in [1.29, 1.82) is 0 Å². The lowest BCUT2D eigenvalue weighted by atomic mass is 10.2. The fourth-order valence-electron chi connectivity index (χ4n) is 2.22. The van der Waals surface area contributed by atoms with E-state index in [0.717, 1.165) is 16.3 Å². The van der Waals surface area contributed by atoms with E-state index in [4.69, 9.17) is 4.42 Å². The first kappa shape index (κ1) is 14.5. The Morgan fingerprint density at radius 2 is 2.00 bits per heavy atom. The fraction of sp³-hybridized carbons (Fsp3) is 0.176. The van der Waals surface area contributed by atoms with Crippen molar-refractivity contribution >= 4 is 17.2 Å². The van der Waals surface area contributed by atoms with Crippen LogP contribution in [0.5, 0.6) is 0 Å². The Morgan fingerprint density at radius 3 is 2.64 bits per heavy atom. The van der Waals surface area contributed by atoms with Crippen LogP contribution >= 0.6 is 11.3 Å². The molecule has 0 radical (unpaired) electrons. The smallest absolute Gasteiger partial charge is 0.274 e. The van der Waals surface area contributed by atoms with Crippen LogP contribution in [0.15, 0.2) is 58.5 Å². The van der Waals surface area contributed by atoms with E-state index in [0.29, 0.717) is 18.8 Å². The average molecular weight is 312 g/mol. The fourth-order valence-corrected chi connectivity index (χ4v) is 2.80. The predicted molar refractivity (Wildman–Crippen MR) is 85.6 cm³/mol. The number of thiazole rings is 1. The summed E-state index contributed by atoms with van der Waals surface area (Å²) in [7, 11) is 0. The Hall–Kier alpha value is -2.40. The largest absolute Gasteiger partial charge is 0.467 e. The third-order valence-corrected chi connectivity index (χ3v) is 4.04. The second kappa shape index (κ2) is 6.58. The van der Waals surface area contributed by atoms with Gasteiger partial charge in [-0.3, -0.25) is 4.79 Å². The zero-order valence-corrected chi connectivity index (χ0v) is 13.0. The normalized spacial score (nSPS) is 10.6. The second-order valence-electron chi connectivity index (χ2n) is 4.98. The highest BCUT2D eigenvalue weighted by Gasteiger charge is 2.20. The number of carbonyl (C=O) groups is 1. The molecule has 0 spiro atoms. The maximum absolute atomic E-state index is 12.7. The van der Waals surface area contributed by atoms with Gasteiger partial charge in [-0.1, -0.05) is 30.3 Å². The molecule has 3 rings (SSSR count). The molecule has 0 atom stereocenters. The standard InChI is InChI=1S/C17H16N2O2S/c1-13-18-16(12-22-13)17(20)19(11-15-8-5-9-21-15)10-14-6-3-2-4-7-14/h2-9,12H,10-11H2,1H3. The topological polar surface area (TPSA) is 46.3 Å². The minimum Gasteiger partial charge on any atom is -0.467 e. The molecule has 0 aliphatic heterocycles. The summed E-state index contributed by atoms with van der Waals surface area (Å²) in [6.07, 6.45) is 1.62. The summed E-state index contributed by atoms with van der Waals surface area (Å²) in [5.74, 6) is 0.681. The first-order chi connectivity index (χ1) is 10.7. The van der Waals surface area contributed by atoms with Gasteiger partial charge in [-0.05, 0) is 24.6 Å². The van der Waals surface area contributed by atoms with E-state index in [1.165, 1.54) is 11.3 Å². The first-order valence-electron chi connectivity index (χ1n) is 7.00. The lowest BCUT2D eigenvalue weighted by molar-refractivity contribution is 0.0712. The summed E-state index contributed by atoms with van der Waals surface area (Å²) in [5, 5.41) is 2.69. The number of hydrogen-bond donors (Lipinski definition) is 0. The van der Waals surface area contributed by atoms with E-state index < -0.39 is 0 Å². The van der Waals surface area contributed by atoms with Crippen LogP contribution in [0.4, 0.5) is 0 Å². The molecular weight excluding hydrogens is 296 g/mol. The van der Waals surface area contributed by atoms with E-state index >= 15 is 0 Å². The van der Waals surface area contributed by atoms with Crippen LogP contribution in [-0.4, -0.2) is 15.8 Å². The maximum atomic E-state index is 12.7. The van der Waals surface area contributed by atoms with E-state index in [9.17, 15) is 4.79 Å². The van der Waals surface area contributed by atoms with E-state index in [2.05, 4.69) is 4.98 Å². The number of rotatable bonds is 5. The molecular formula is C17H16N2O2S. The Morgan fingerprint density at radius 1 is 1.18 bits per heavy atom. The number of aromatic nitrogens is 1. The van der Waals surface area contributed by atoms with Crippen molar-refractivity contribution in [3.63, 3.8) is 0 Å². The van der Waals surface area contributed by atoms with Gasteiger partial charge in [0.2, 0.25) is 0 Å². The molecule has 0 bridgehead atoms. The summed E-state index contributed by atoms with van der Waals surface area (Å²) in [6.45, 7) is 2.85. The highest BCUT2D eigenvalue weighted by atomic mass is 32.1. The quantitative estimate of drug-likeness (QED) is 0.718. The molecule has 0 N–H and O–H groups in total. The van der Waals surface area contributed by atoms with Gasteiger partial charge < -0.3 is 9.32 Å². The van der Waals surface area contributed by atoms with Crippen molar-refractivity contribution in [2.24, 2.45) is 0 Å². The van der Waals surface area contributed by atoms with Crippen LogP contribution in [-0.2, 0) is 13.1 Å². The lowest BCUT2D eigenvalue weighted by Gasteiger charge is -2.21. The van der Waals surface area contributed by atoms with Gasteiger partial charge in [0.25, 0.3) is 5.91 Å². The van der Waals surface area contributed by atoms with Gasteiger partial charge >= 0.3 is 0 Å². The third kappa shape index (κ3) is 3.43. The average Bonchev–Trinajstić information content (AvgIpc) is 3.18. The molecule has 1 aromatic carbocycles. The molecule has 0 aliphatic carbocycles. The van der Waals surface area contributed by atoms with Gasteiger partial charge in [-0.25, -0.2) is 4.98 Å². The molecule has 0 saturated carbocycles. The van der Waals surface area contributed by atoms with Crippen LogP contribution < -0.4 is 0 Å². The lowest BCUT2D eigenvalue weighted by Crippen LogP contribution is -2.30. The maximum Gasteiger partial charge on any atom is 0.274 e. The summed E-state index contributed by atoms with van der Waals surface area (Å²) < 4.78 is 5.38. The molecule has 112 valence electrons. The van der Waals surface area contributed by atoms with Gasteiger partial charge in [0.15, 0.2) is 0 Å². The van der Waals surface area contributed by atoms with Crippen LogP contribution in [0.2, 0.25) is 0 Å². The molecule has 0 saturated heterocycles. The number of benzene rings is 1. The number of amides is 1. The second-order valence-corrected chi connectivity index (χ2v) is 6.04. The van der Waals surface area contributed by atoms with Crippen LogP contribution in [0.3, 0.4) is 0 Å². The van der Waals surface area contributed by atoms with Crippen molar-refractivity contribution in [3.8, 4) is 0 Å². The number of aryl methyl sites for hydroxylation is 1. The van der Waals surface area contributed by atoms with Gasteiger partial charge in [0, 0.05) is 11.9 Å². The molecule has 2 aromatic heterocycles. The number of hydrogen-bond acceptors (Lipinski definition) is 4. The van der Waals surface area contributed by atoms with Gasteiger partial charge in [-0.15, -0.1) is 11.3 Å². The highest BCUT2D eigenvalue weighted by molar-refractivity contribution is 7.09. The zero-order chi connectivity index (χ0) is 15.4. The molecule has 1 amide bonds. The highest BCUT2D eigenvalue weighted by Crippen LogP contribution is 2.16. The predicted octanol–water partition coefficient (Wildman–Crippen LogP) is 3.89. The number of carbonyl (C=O) groups excluding carboxylic acids is 1. The molecule has 0 fully saturated rings. The molecule has 0 unspecified atom stereocenters. The summed E-state index contributed by atoms with van der Waals surface area (Å²) in [5.41, 5.74) is 1.57. The van der Waals surface area contributed by atoms with E-state index in [-0.39, 0.29) is 5.91 Å². The molecule has 22 heavy (non-hydrogen) atoms. The van der Waals surface area contributed by atoms with Crippen molar-refractivity contribution in [2.45, 2.75) is 20.0 Å². The number of nitrogens with zero attached hydrogens (tertiary/aromatic N) is 2. The van der Waals surface area contributed by atoms with Gasteiger partial charge in [-0.2, -0.15) is 0 Å². The monoisotopic (exact) mass is 312 g/mol. The number of furan rings is 1. The Balaban J connectivity index is 1.83. The minimum absolute atomic E-state index is 0.0791. The molecule has 3 aromatic rings. The molecule has 0 aliphatic rings. The minimum atomic E-state index is -0.0791. The first-order valence-corrected chi connectivity index (χ1v) is 7.88. The Bertz CT molecular complexity index is 735. The van der Waals surface area contributed by atoms with Crippen LogP contribution in [0.1, 0.15) is 26.8 Å². The zero-order valence-electron chi connectivity index (χ0n) is 12.2. The van der Waals surface area contributed by atoms with Crippen LogP contribution in [0, 0.1) is 6.92 Å². The van der Waals surface area contributed by atoms with E-state index in [1.54, 1.807) is 16.5 Å². The Kier molecular flexibility index (Phi) is 4.34. The third-order valence-electron chi connectivity index (χ3n) is 3.27. The van der Waals surface area contributed by atoms with Crippen LogP contribution in [0.25, 0.3) is 0 Å². The summed E-state index contributed by atoms with van der Waals surface area (Å²) in [4.78, 5) is 18.8. The summed E-state index contributed by atoms with van der Waals surface area (Å²) in [6, 6.07) is 13.6. The molecule has 4 nitrogen and oxygen atoms in total. The van der Waals surface area contributed by atoms with E-state index in [1.807, 2.05) is 49.4 Å². The van der Waals surface area contributed by atoms with Crippen molar-refractivity contribution in [2.75, 3.05) is 0 Å². The SMILES string of the molecule is Cc1nc(C(=O)N(Cc2ccccc2)Cc2ccco2)cs1. The Labute approximate surface area is 133 Å². The molecule has 5 heteroatoms. The summed E-state index contributed by atoms with van der Waals surface area (Å²) >= 11 is 1.48. The van der Waals surface area contributed by atoms with Gasteiger partial charge in [0.05, 0.1) is 17.8 Å². The van der Waals surface area contributed by atoms with Crippen molar-refractivity contribution in [3.05, 3.63) is 76.1 Å². The van der Waals surface area contributed by atoms with Crippen molar-refractivity contribution < 1.29 is 9.21 Å². The van der Waals surface area contributed by atoms with Gasteiger partial charge in [0.1, 0.15) is 11.5 Å². The van der Waals surface area contributed by atoms with Crippen molar-refractivity contribution in [1.82, 2.24) is 9.88 Å².